The standard InChI is InChI=1S/C16H19N3O4/c1-3-18-12-7-4-5-8-13(12)19(16(18)22)11-14(20)17-10-6-9-15(21)23-2/h4-9H,3,10-11H2,1-2H3,(H,17,20)/b9-6+. The molecule has 0 atom stereocenters. The molecule has 0 saturated carbocycles. The van der Waals surface area contributed by atoms with Crippen LogP contribution in [0.25, 0.3) is 11.0 Å². The molecule has 23 heavy (non-hydrogen) atoms. The average Bonchev–Trinajstić information content (AvgIpc) is 2.83. The van der Waals surface area contributed by atoms with Crippen molar-refractivity contribution in [1.82, 2.24) is 14.5 Å². The van der Waals surface area contributed by atoms with Gasteiger partial charge < -0.3 is 10.1 Å². The highest BCUT2D eigenvalue weighted by molar-refractivity contribution is 5.82. The van der Waals surface area contributed by atoms with E-state index in [4.69, 9.17) is 0 Å². The van der Waals surface area contributed by atoms with Crippen molar-refractivity contribution in [2.24, 2.45) is 0 Å². The smallest absolute Gasteiger partial charge is 0.330 e. The number of aromatic nitrogens is 2. The minimum Gasteiger partial charge on any atom is -0.466 e. The number of nitrogens with zero attached hydrogens (tertiary/aromatic N) is 2. The molecule has 0 bridgehead atoms. The highest BCUT2D eigenvalue weighted by atomic mass is 16.5. The Hall–Kier alpha value is -2.83. The molecule has 1 aromatic heterocycles. The molecule has 7 nitrogen and oxygen atoms in total. The highest BCUT2D eigenvalue weighted by Crippen LogP contribution is 2.12. The van der Waals surface area contributed by atoms with E-state index in [0.29, 0.717) is 6.54 Å². The lowest BCUT2D eigenvalue weighted by Crippen LogP contribution is -2.33. The predicted molar refractivity (Wildman–Crippen MR) is 86.0 cm³/mol. The van der Waals surface area contributed by atoms with Gasteiger partial charge in [0.05, 0.1) is 18.1 Å². The molecule has 2 rings (SSSR count). The summed E-state index contributed by atoms with van der Waals surface area (Å²) in [5.41, 5.74) is 1.31. The molecule has 122 valence electrons. The molecule has 1 aromatic carbocycles. The Balaban J connectivity index is 2.11. The zero-order chi connectivity index (χ0) is 16.8. The van der Waals surface area contributed by atoms with Crippen LogP contribution in [0.1, 0.15) is 6.92 Å². The number of aryl methyl sites for hydroxylation is 1. The number of methoxy groups -OCH3 is 1. The number of hydrogen-bond donors (Lipinski definition) is 1. The van der Waals surface area contributed by atoms with Gasteiger partial charge in [0.1, 0.15) is 6.54 Å². The molecule has 0 unspecified atom stereocenters. The number of benzene rings is 1. The van der Waals surface area contributed by atoms with Gasteiger partial charge >= 0.3 is 11.7 Å². The largest absolute Gasteiger partial charge is 0.466 e. The Morgan fingerprint density at radius 1 is 1.22 bits per heavy atom. The second kappa shape index (κ2) is 7.44. The number of esters is 1. The van der Waals surface area contributed by atoms with E-state index in [2.05, 4.69) is 10.1 Å². The van der Waals surface area contributed by atoms with Crippen LogP contribution in [0.3, 0.4) is 0 Å². The Bertz CT molecular complexity index is 801. The maximum Gasteiger partial charge on any atom is 0.330 e. The van der Waals surface area contributed by atoms with Crippen LogP contribution in [-0.4, -0.2) is 34.7 Å². The maximum atomic E-state index is 12.4. The maximum absolute atomic E-state index is 12.4. The molecule has 1 amide bonds. The van der Waals surface area contributed by atoms with Crippen molar-refractivity contribution in [3.8, 4) is 0 Å². The first-order valence-corrected chi connectivity index (χ1v) is 7.27. The second-order valence-electron chi connectivity index (χ2n) is 4.83. The highest BCUT2D eigenvalue weighted by Gasteiger charge is 2.13. The number of amides is 1. The third-order valence-electron chi connectivity index (χ3n) is 3.42. The lowest BCUT2D eigenvalue weighted by Gasteiger charge is -2.04. The molecule has 0 aliphatic heterocycles. The Morgan fingerprint density at radius 3 is 2.48 bits per heavy atom. The zero-order valence-corrected chi connectivity index (χ0v) is 13.1. The van der Waals surface area contributed by atoms with Crippen molar-refractivity contribution in [1.29, 1.82) is 0 Å². The quantitative estimate of drug-likeness (QED) is 0.627. The lowest BCUT2D eigenvalue weighted by atomic mass is 10.3. The summed E-state index contributed by atoms with van der Waals surface area (Å²) in [6, 6.07) is 7.35. The van der Waals surface area contributed by atoms with E-state index < -0.39 is 5.97 Å². The van der Waals surface area contributed by atoms with Gasteiger partial charge in [-0.25, -0.2) is 9.59 Å². The number of hydrogen-bond acceptors (Lipinski definition) is 4. The molecular formula is C16H19N3O4. The van der Waals surface area contributed by atoms with Crippen LogP contribution in [0.2, 0.25) is 0 Å². The summed E-state index contributed by atoms with van der Waals surface area (Å²) < 4.78 is 7.51. The van der Waals surface area contributed by atoms with Crippen molar-refractivity contribution in [2.45, 2.75) is 20.0 Å². The molecular weight excluding hydrogens is 298 g/mol. The molecule has 1 heterocycles. The van der Waals surface area contributed by atoms with Crippen LogP contribution in [-0.2, 0) is 27.4 Å². The van der Waals surface area contributed by atoms with E-state index in [0.717, 1.165) is 11.0 Å². The van der Waals surface area contributed by atoms with Gasteiger partial charge in [0.25, 0.3) is 0 Å². The van der Waals surface area contributed by atoms with E-state index >= 15 is 0 Å². The number of fused-ring (bicyclic) bond motifs is 1. The number of rotatable bonds is 6. The van der Waals surface area contributed by atoms with Crippen molar-refractivity contribution < 1.29 is 14.3 Å². The molecule has 0 radical (unpaired) electrons. The Morgan fingerprint density at radius 2 is 1.87 bits per heavy atom. The van der Waals surface area contributed by atoms with E-state index in [9.17, 15) is 14.4 Å². The normalized spacial score (nSPS) is 11.0. The van der Waals surface area contributed by atoms with Gasteiger partial charge in [-0.05, 0) is 19.1 Å². The fourth-order valence-corrected chi connectivity index (χ4v) is 2.33. The molecule has 0 aliphatic carbocycles. The van der Waals surface area contributed by atoms with Crippen LogP contribution < -0.4 is 11.0 Å². The minimum atomic E-state index is -0.485. The third kappa shape index (κ3) is 3.68. The van der Waals surface area contributed by atoms with Crippen LogP contribution in [0.5, 0.6) is 0 Å². The summed E-state index contributed by atoms with van der Waals surface area (Å²) >= 11 is 0. The van der Waals surface area contributed by atoms with E-state index in [1.54, 1.807) is 4.57 Å². The molecule has 7 heteroatoms. The molecule has 1 N–H and O–H groups in total. The molecule has 0 spiro atoms. The first kappa shape index (κ1) is 16.5. The summed E-state index contributed by atoms with van der Waals surface area (Å²) in [6.45, 7) is 2.54. The molecule has 0 fully saturated rings. The van der Waals surface area contributed by atoms with Crippen LogP contribution in [0.15, 0.2) is 41.2 Å². The molecule has 2 aromatic rings. The van der Waals surface area contributed by atoms with Gasteiger partial charge in [0.15, 0.2) is 0 Å². The van der Waals surface area contributed by atoms with Gasteiger partial charge in [-0.2, -0.15) is 0 Å². The second-order valence-corrected chi connectivity index (χ2v) is 4.83. The number of para-hydroxylation sites is 2. The third-order valence-corrected chi connectivity index (χ3v) is 3.42. The summed E-state index contributed by atoms with van der Waals surface area (Å²) in [6.07, 6.45) is 2.72. The van der Waals surface area contributed by atoms with Crippen molar-refractivity contribution in [3.05, 3.63) is 46.9 Å². The van der Waals surface area contributed by atoms with Gasteiger partial charge in [0.2, 0.25) is 5.91 Å². The van der Waals surface area contributed by atoms with E-state index in [-0.39, 0.29) is 24.7 Å². The minimum absolute atomic E-state index is 0.0710. The Kier molecular flexibility index (Phi) is 5.35. The zero-order valence-electron chi connectivity index (χ0n) is 13.1. The molecule has 0 saturated heterocycles. The summed E-state index contributed by atoms with van der Waals surface area (Å²) in [4.78, 5) is 35.3. The van der Waals surface area contributed by atoms with Crippen LogP contribution in [0.4, 0.5) is 0 Å². The predicted octanol–water partition coefficient (Wildman–Crippen LogP) is 0.668. The van der Waals surface area contributed by atoms with Crippen molar-refractivity contribution in [2.75, 3.05) is 13.7 Å². The number of nitrogens with one attached hydrogen (secondary N) is 1. The van der Waals surface area contributed by atoms with Crippen LogP contribution >= 0.6 is 0 Å². The van der Waals surface area contributed by atoms with E-state index in [1.807, 2.05) is 31.2 Å². The first-order valence-electron chi connectivity index (χ1n) is 7.27. The van der Waals surface area contributed by atoms with Gasteiger partial charge in [0, 0.05) is 19.2 Å². The number of ether oxygens (including phenoxy) is 1. The number of imidazole rings is 1. The molecule has 0 aliphatic rings. The van der Waals surface area contributed by atoms with Gasteiger partial charge in [-0.3, -0.25) is 13.9 Å². The fraction of sp³-hybridized carbons (Fsp3) is 0.312. The number of carbonyl (C=O) groups excluding carboxylic acids is 2. The topological polar surface area (TPSA) is 82.3 Å². The summed E-state index contributed by atoms with van der Waals surface area (Å²) in [7, 11) is 1.28. The van der Waals surface area contributed by atoms with E-state index in [1.165, 1.54) is 23.8 Å². The van der Waals surface area contributed by atoms with Gasteiger partial charge in [-0.1, -0.05) is 18.2 Å². The SMILES string of the molecule is CCn1c(=O)n(CC(=O)NC/C=C/C(=O)OC)c2ccccc21. The first-order chi connectivity index (χ1) is 11.1. The summed E-state index contributed by atoms with van der Waals surface area (Å²) in [5.74, 6) is -0.790. The lowest BCUT2D eigenvalue weighted by molar-refractivity contribution is -0.134. The van der Waals surface area contributed by atoms with Crippen molar-refractivity contribution >= 4 is 22.9 Å². The summed E-state index contributed by atoms with van der Waals surface area (Å²) in [5, 5.41) is 2.63. The Labute approximate surface area is 133 Å². The van der Waals surface area contributed by atoms with Gasteiger partial charge in [-0.15, -0.1) is 0 Å². The fourth-order valence-electron chi connectivity index (χ4n) is 2.33. The van der Waals surface area contributed by atoms with Crippen LogP contribution in [0, 0.1) is 0 Å². The monoisotopic (exact) mass is 317 g/mol. The van der Waals surface area contributed by atoms with Crippen molar-refractivity contribution in [3.63, 3.8) is 0 Å². The average molecular weight is 317 g/mol. The number of carbonyl (C=O) groups is 2.